The number of nitrogens with one attached hydrogen (secondary N) is 1. The zero-order valence-electron chi connectivity index (χ0n) is 10.2. The van der Waals surface area contributed by atoms with Crippen LogP contribution in [-0.4, -0.2) is 28.8 Å². The molecule has 2 amide bonds. The molecule has 1 atom stereocenters. The summed E-state index contributed by atoms with van der Waals surface area (Å²) in [7, 11) is 0. The third kappa shape index (κ3) is 1.27. The minimum atomic E-state index is -0.747. The standard InChI is InChI=1S/C13H15N3O2/c1-13-6-3-7-16(13)11(17)10-8(14)4-2-5-9(10)15-12(13)18/h2,4-5H,3,6-7,14H2,1H3,(H,15,18)/t13-/m0/s1. The summed E-state index contributed by atoms with van der Waals surface area (Å²) in [5, 5.41) is 2.82. The van der Waals surface area contributed by atoms with Crippen molar-refractivity contribution in [2.45, 2.75) is 25.3 Å². The van der Waals surface area contributed by atoms with Gasteiger partial charge in [-0.25, -0.2) is 0 Å². The molecule has 3 N–H and O–H groups in total. The molecule has 0 aliphatic carbocycles. The molecule has 0 unspecified atom stereocenters. The summed E-state index contributed by atoms with van der Waals surface area (Å²) in [5.41, 5.74) is 6.47. The average molecular weight is 245 g/mol. The molecule has 94 valence electrons. The molecule has 3 rings (SSSR count). The first-order chi connectivity index (χ1) is 8.54. The van der Waals surface area contributed by atoms with Gasteiger partial charge in [0.05, 0.1) is 11.3 Å². The molecular formula is C13H15N3O2. The van der Waals surface area contributed by atoms with Crippen molar-refractivity contribution < 1.29 is 9.59 Å². The van der Waals surface area contributed by atoms with Gasteiger partial charge in [-0.3, -0.25) is 9.59 Å². The molecule has 0 saturated carbocycles. The average Bonchev–Trinajstić information content (AvgIpc) is 2.69. The predicted molar refractivity (Wildman–Crippen MR) is 68.2 cm³/mol. The van der Waals surface area contributed by atoms with Gasteiger partial charge >= 0.3 is 0 Å². The third-order valence-corrected chi connectivity index (χ3v) is 3.93. The van der Waals surface area contributed by atoms with Gasteiger partial charge in [-0.05, 0) is 31.9 Å². The van der Waals surface area contributed by atoms with Gasteiger partial charge in [0, 0.05) is 12.2 Å². The van der Waals surface area contributed by atoms with E-state index in [2.05, 4.69) is 5.32 Å². The zero-order chi connectivity index (χ0) is 12.9. The number of nitrogen functional groups attached to an aromatic ring is 1. The monoisotopic (exact) mass is 245 g/mol. The Labute approximate surface area is 105 Å². The smallest absolute Gasteiger partial charge is 0.258 e. The van der Waals surface area contributed by atoms with E-state index in [1.165, 1.54) is 0 Å². The number of benzene rings is 1. The van der Waals surface area contributed by atoms with Crippen LogP contribution in [0.1, 0.15) is 30.1 Å². The molecule has 0 bridgehead atoms. The summed E-state index contributed by atoms with van der Waals surface area (Å²) in [5.74, 6) is -0.279. The lowest BCUT2D eigenvalue weighted by atomic mass is 9.98. The predicted octanol–water partition coefficient (Wildman–Crippen LogP) is 1.22. The Bertz CT molecular complexity index is 555. The number of carbonyl (C=O) groups excluding carboxylic acids is 2. The second-order valence-corrected chi connectivity index (χ2v) is 5.06. The first-order valence-corrected chi connectivity index (χ1v) is 6.06. The number of rotatable bonds is 0. The molecule has 1 aromatic rings. The van der Waals surface area contributed by atoms with Gasteiger partial charge in [0.15, 0.2) is 0 Å². The molecule has 2 aliphatic heterocycles. The van der Waals surface area contributed by atoms with Crippen molar-refractivity contribution >= 4 is 23.2 Å². The second kappa shape index (κ2) is 3.48. The first-order valence-electron chi connectivity index (χ1n) is 6.06. The Hall–Kier alpha value is -2.04. The van der Waals surface area contributed by atoms with E-state index < -0.39 is 5.54 Å². The van der Waals surface area contributed by atoms with Crippen LogP contribution in [0.4, 0.5) is 11.4 Å². The molecule has 0 radical (unpaired) electrons. The van der Waals surface area contributed by atoms with E-state index in [1.807, 2.05) is 6.92 Å². The molecule has 2 aliphatic rings. The summed E-state index contributed by atoms with van der Waals surface area (Å²) >= 11 is 0. The summed E-state index contributed by atoms with van der Waals surface area (Å²) in [6.07, 6.45) is 1.54. The normalized spacial score (nSPS) is 26.4. The van der Waals surface area contributed by atoms with Crippen molar-refractivity contribution in [3.63, 3.8) is 0 Å². The van der Waals surface area contributed by atoms with E-state index in [0.717, 1.165) is 6.42 Å². The minimum Gasteiger partial charge on any atom is -0.398 e. The van der Waals surface area contributed by atoms with Crippen LogP contribution in [-0.2, 0) is 4.79 Å². The van der Waals surface area contributed by atoms with Gasteiger partial charge < -0.3 is 16.0 Å². The minimum absolute atomic E-state index is 0.127. The maximum atomic E-state index is 12.5. The van der Waals surface area contributed by atoms with E-state index in [-0.39, 0.29) is 11.8 Å². The van der Waals surface area contributed by atoms with Crippen LogP contribution in [0.3, 0.4) is 0 Å². The van der Waals surface area contributed by atoms with Crippen molar-refractivity contribution in [1.82, 2.24) is 4.90 Å². The molecule has 5 heteroatoms. The number of hydrogen-bond donors (Lipinski definition) is 2. The molecule has 5 nitrogen and oxygen atoms in total. The van der Waals surface area contributed by atoms with Gasteiger partial charge in [-0.1, -0.05) is 6.07 Å². The Morgan fingerprint density at radius 2 is 2.17 bits per heavy atom. The first kappa shape index (κ1) is 11.1. The number of nitrogens with zero attached hydrogens (tertiary/aromatic N) is 1. The Morgan fingerprint density at radius 3 is 2.94 bits per heavy atom. The van der Waals surface area contributed by atoms with E-state index in [1.54, 1.807) is 23.1 Å². The topological polar surface area (TPSA) is 75.4 Å². The number of amides is 2. The fraction of sp³-hybridized carbons (Fsp3) is 0.385. The van der Waals surface area contributed by atoms with Crippen LogP contribution >= 0.6 is 0 Å². The van der Waals surface area contributed by atoms with Crippen LogP contribution in [0, 0.1) is 0 Å². The van der Waals surface area contributed by atoms with E-state index in [9.17, 15) is 9.59 Å². The van der Waals surface area contributed by atoms with Crippen molar-refractivity contribution in [1.29, 1.82) is 0 Å². The molecular weight excluding hydrogens is 230 g/mol. The van der Waals surface area contributed by atoms with Crippen LogP contribution in [0.2, 0.25) is 0 Å². The van der Waals surface area contributed by atoms with Crippen LogP contribution < -0.4 is 11.1 Å². The van der Waals surface area contributed by atoms with Gasteiger partial charge in [0.1, 0.15) is 5.54 Å². The van der Waals surface area contributed by atoms with Crippen molar-refractivity contribution in [3.05, 3.63) is 23.8 Å². The fourth-order valence-corrected chi connectivity index (χ4v) is 2.83. The Morgan fingerprint density at radius 1 is 1.39 bits per heavy atom. The van der Waals surface area contributed by atoms with Gasteiger partial charge in [-0.15, -0.1) is 0 Å². The number of nitrogens with two attached hydrogens (primary N) is 1. The number of carbonyl (C=O) groups is 2. The molecule has 1 fully saturated rings. The quantitative estimate of drug-likeness (QED) is 0.675. The maximum Gasteiger partial charge on any atom is 0.258 e. The van der Waals surface area contributed by atoms with Crippen molar-refractivity contribution in [3.8, 4) is 0 Å². The highest BCUT2D eigenvalue weighted by Gasteiger charge is 2.48. The van der Waals surface area contributed by atoms with Crippen LogP contribution in [0.5, 0.6) is 0 Å². The van der Waals surface area contributed by atoms with Crippen molar-refractivity contribution in [2.75, 3.05) is 17.6 Å². The zero-order valence-corrected chi connectivity index (χ0v) is 10.2. The second-order valence-electron chi connectivity index (χ2n) is 5.06. The van der Waals surface area contributed by atoms with E-state index in [4.69, 9.17) is 5.73 Å². The highest BCUT2D eigenvalue weighted by atomic mass is 16.2. The number of anilines is 2. The SMILES string of the molecule is C[C@@]12CCCN1C(=O)c1c(N)cccc1NC2=O. The third-order valence-electron chi connectivity index (χ3n) is 3.93. The fourth-order valence-electron chi connectivity index (χ4n) is 2.83. The lowest BCUT2D eigenvalue weighted by Gasteiger charge is -2.31. The lowest BCUT2D eigenvalue weighted by molar-refractivity contribution is -0.124. The van der Waals surface area contributed by atoms with Gasteiger partial charge in [-0.2, -0.15) is 0 Å². The summed E-state index contributed by atoms with van der Waals surface area (Å²) in [6.45, 7) is 2.42. The van der Waals surface area contributed by atoms with Crippen LogP contribution in [0.25, 0.3) is 0 Å². The maximum absolute atomic E-state index is 12.5. The molecule has 0 aromatic heterocycles. The highest BCUT2D eigenvalue weighted by molar-refractivity contribution is 6.14. The summed E-state index contributed by atoms with van der Waals surface area (Å²) < 4.78 is 0. The van der Waals surface area contributed by atoms with Crippen LogP contribution in [0.15, 0.2) is 18.2 Å². The molecule has 1 aromatic carbocycles. The molecule has 0 spiro atoms. The molecule has 1 saturated heterocycles. The summed E-state index contributed by atoms with van der Waals surface area (Å²) in [6, 6.07) is 5.13. The Balaban J connectivity index is 2.20. The molecule has 18 heavy (non-hydrogen) atoms. The Kier molecular flexibility index (Phi) is 2.14. The van der Waals surface area contributed by atoms with E-state index >= 15 is 0 Å². The number of hydrogen-bond acceptors (Lipinski definition) is 3. The summed E-state index contributed by atoms with van der Waals surface area (Å²) in [4.78, 5) is 26.5. The highest BCUT2D eigenvalue weighted by Crippen LogP contribution is 2.37. The van der Waals surface area contributed by atoms with Crippen molar-refractivity contribution in [2.24, 2.45) is 0 Å². The van der Waals surface area contributed by atoms with Gasteiger partial charge in [0.25, 0.3) is 5.91 Å². The molecule has 2 heterocycles. The largest absolute Gasteiger partial charge is 0.398 e. The number of fused-ring (bicyclic) bond motifs is 2. The van der Waals surface area contributed by atoms with Gasteiger partial charge in [0.2, 0.25) is 5.91 Å². The van der Waals surface area contributed by atoms with E-state index in [0.29, 0.717) is 29.9 Å². The lowest BCUT2D eigenvalue weighted by Crippen LogP contribution is -2.51.